The maximum absolute atomic E-state index is 10.5. The molecule has 4 heteroatoms. The van der Waals surface area contributed by atoms with Crippen LogP contribution in [-0.2, 0) is 0 Å². The highest BCUT2D eigenvalue weighted by molar-refractivity contribution is 5.46. The number of hydrogen-bond acceptors (Lipinski definition) is 4. The highest BCUT2D eigenvalue weighted by Gasteiger charge is 2.43. The first kappa shape index (κ1) is 18.3. The van der Waals surface area contributed by atoms with Crippen LogP contribution < -0.4 is 9.64 Å². The van der Waals surface area contributed by atoms with E-state index in [1.165, 1.54) is 31.4 Å². The summed E-state index contributed by atoms with van der Waals surface area (Å²) in [6, 6.07) is 20.5. The monoisotopic (exact) mass is 366 g/mol. The van der Waals surface area contributed by atoms with E-state index in [1.54, 1.807) is 0 Å². The average molecular weight is 367 g/mol. The summed E-state index contributed by atoms with van der Waals surface area (Å²) >= 11 is 0. The lowest BCUT2D eigenvalue weighted by molar-refractivity contribution is 0.0262. The SMILES string of the molecule is OC(COc1ccccc1)CN1CCCC12CCN(c1ccccc1)CC2. The number of β-amino-alcohol motifs (C(OH)–C–C–N with tert-alkyl or cyclic N) is 1. The van der Waals surface area contributed by atoms with Crippen molar-refractivity contribution in [1.29, 1.82) is 0 Å². The summed E-state index contributed by atoms with van der Waals surface area (Å²) in [7, 11) is 0. The molecule has 2 aliphatic rings. The van der Waals surface area contributed by atoms with E-state index in [-0.39, 0.29) is 5.54 Å². The Morgan fingerprint density at radius 2 is 1.56 bits per heavy atom. The predicted octanol–water partition coefficient (Wildman–Crippen LogP) is 3.56. The van der Waals surface area contributed by atoms with E-state index in [0.717, 1.165) is 25.4 Å². The van der Waals surface area contributed by atoms with Crippen molar-refractivity contribution in [1.82, 2.24) is 4.90 Å². The van der Waals surface area contributed by atoms with Crippen molar-refractivity contribution < 1.29 is 9.84 Å². The van der Waals surface area contributed by atoms with Gasteiger partial charge in [-0.2, -0.15) is 0 Å². The van der Waals surface area contributed by atoms with Gasteiger partial charge in [0.2, 0.25) is 0 Å². The van der Waals surface area contributed by atoms with Gasteiger partial charge in [0.05, 0.1) is 0 Å². The molecule has 0 amide bonds. The Hall–Kier alpha value is -2.04. The Balaban J connectivity index is 1.31. The lowest BCUT2D eigenvalue weighted by Crippen LogP contribution is -2.54. The van der Waals surface area contributed by atoms with Crippen LogP contribution in [-0.4, -0.2) is 54.4 Å². The molecule has 0 bridgehead atoms. The van der Waals surface area contributed by atoms with Crippen LogP contribution in [0.1, 0.15) is 25.7 Å². The standard InChI is InChI=1S/C23H30N2O2/c26-21(19-27-22-10-5-2-6-11-22)18-25-15-7-12-23(25)13-16-24(17-14-23)20-8-3-1-4-9-20/h1-6,8-11,21,26H,7,12-19H2. The van der Waals surface area contributed by atoms with Crippen LogP contribution in [0.5, 0.6) is 5.75 Å². The maximum Gasteiger partial charge on any atom is 0.119 e. The van der Waals surface area contributed by atoms with E-state index in [1.807, 2.05) is 30.3 Å². The topological polar surface area (TPSA) is 35.9 Å². The summed E-state index contributed by atoms with van der Waals surface area (Å²) in [5.41, 5.74) is 1.59. The number of aliphatic hydroxyl groups excluding tert-OH is 1. The molecule has 0 aliphatic carbocycles. The molecule has 27 heavy (non-hydrogen) atoms. The average Bonchev–Trinajstić information content (AvgIpc) is 3.10. The van der Waals surface area contributed by atoms with Gasteiger partial charge < -0.3 is 14.7 Å². The molecule has 2 saturated heterocycles. The lowest BCUT2D eigenvalue weighted by Gasteiger charge is -2.46. The van der Waals surface area contributed by atoms with Crippen LogP contribution in [0.15, 0.2) is 60.7 Å². The van der Waals surface area contributed by atoms with Crippen LogP contribution in [0, 0.1) is 0 Å². The molecule has 1 unspecified atom stereocenters. The van der Waals surface area contributed by atoms with Crippen LogP contribution >= 0.6 is 0 Å². The Morgan fingerprint density at radius 3 is 2.26 bits per heavy atom. The van der Waals surface area contributed by atoms with E-state index >= 15 is 0 Å². The number of piperidine rings is 1. The Bertz CT molecular complexity index is 699. The molecule has 1 atom stereocenters. The third-order valence-corrected chi connectivity index (χ3v) is 6.17. The van der Waals surface area contributed by atoms with Gasteiger partial charge in [-0.1, -0.05) is 36.4 Å². The van der Waals surface area contributed by atoms with E-state index in [2.05, 4.69) is 40.1 Å². The van der Waals surface area contributed by atoms with Gasteiger partial charge in [0.15, 0.2) is 0 Å². The summed E-state index contributed by atoms with van der Waals surface area (Å²) in [5, 5.41) is 10.5. The minimum absolute atomic E-state index is 0.263. The van der Waals surface area contributed by atoms with Gasteiger partial charge >= 0.3 is 0 Å². The van der Waals surface area contributed by atoms with Crippen molar-refractivity contribution in [3.05, 3.63) is 60.7 Å². The van der Waals surface area contributed by atoms with Crippen molar-refractivity contribution in [3.8, 4) is 5.75 Å². The van der Waals surface area contributed by atoms with Crippen LogP contribution in [0.2, 0.25) is 0 Å². The molecule has 2 fully saturated rings. The third-order valence-electron chi connectivity index (χ3n) is 6.17. The van der Waals surface area contributed by atoms with Gasteiger partial charge in [-0.3, -0.25) is 4.90 Å². The first-order valence-corrected chi connectivity index (χ1v) is 10.2. The summed E-state index contributed by atoms with van der Waals surface area (Å²) < 4.78 is 5.74. The molecule has 2 aromatic carbocycles. The molecule has 0 radical (unpaired) electrons. The van der Waals surface area contributed by atoms with Gasteiger partial charge in [-0.25, -0.2) is 0 Å². The summed E-state index contributed by atoms with van der Waals surface area (Å²) in [6.45, 7) is 4.34. The van der Waals surface area contributed by atoms with Crippen LogP contribution in [0.3, 0.4) is 0 Å². The summed E-state index contributed by atoms with van der Waals surface area (Å²) in [5.74, 6) is 0.823. The van der Waals surface area contributed by atoms with E-state index in [4.69, 9.17) is 4.74 Å². The number of para-hydroxylation sites is 2. The molecule has 144 valence electrons. The molecule has 2 heterocycles. The highest BCUT2D eigenvalue weighted by Crippen LogP contribution is 2.39. The number of rotatable bonds is 6. The number of hydrogen-bond donors (Lipinski definition) is 1. The number of nitrogens with zero attached hydrogens (tertiary/aromatic N) is 2. The van der Waals surface area contributed by atoms with Gasteiger partial charge in [0.1, 0.15) is 18.5 Å². The van der Waals surface area contributed by atoms with Gasteiger partial charge in [0.25, 0.3) is 0 Å². The van der Waals surface area contributed by atoms with Crippen molar-refractivity contribution in [3.63, 3.8) is 0 Å². The number of ether oxygens (including phenoxy) is 1. The zero-order valence-electron chi connectivity index (χ0n) is 16.0. The van der Waals surface area contributed by atoms with Crippen molar-refractivity contribution >= 4 is 5.69 Å². The second-order valence-electron chi connectivity index (χ2n) is 7.87. The molecular formula is C23H30N2O2. The number of likely N-dealkylation sites (tertiary alicyclic amines) is 1. The van der Waals surface area contributed by atoms with Crippen LogP contribution in [0.25, 0.3) is 0 Å². The molecule has 2 aliphatic heterocycles. The number of aliphatic hydroxyl groups is 1. The normalized spacial score (nSPS) is 20.7. The van der Waals surface area contributed by atoms with Gasteiger partial charge in [-0.05, 0) is 56.5 Å². The smallest absolute Gasteiger partial charge is 0.119 e. The molecule has 4 rings (SSSR count). The number of anilines is 1. The van der Waals surface area contributed by atoms with Gasteiger partial charge in [0, 0.05) is 30.9 Å². The van der Waals surface area contributed by atoms with E-state index in [0.29, 0.717) is 13.2 Å². The summed E-state index contributed by atoms with van der Waals surface area (Å²) in [6.07, 6.45) is 4.38. The molecule has 2 aromatic rings. The zero-order valence-corrected chi connectivity index (χ0v) is 16.0. The number of benzene rings is 2. The molecule has 0 saturated carbocycles. The maximum atomic E-state index is 10.5. The molecule has 4 nitrogen and oxygen atoms in total. The minimum atomic E-state index is -0.452. The van der Waals surface area contributed by atoms with Crippen molar-refractivity contribution in [2.24, 2.45) is 0 Å². The second-order valence-corrected chi connectivity index (χ2v) is 7.87. The largest absolute Gasteiger partial charge is 0.491 e. The van der Waals surface area contributed by atoms with E-state index in [9.17, 15) is 5.11 Å². The Labute approximate surface area is 162 Å². The van der Waals surface area contributed by atoms with Gasteiger partial charge in [-0.15, -0.1) is 0 Å². The highest BCUT2D eigenvalue weighted by atomic mass is 16.5. The van der Waals surface area contributed by atoms with Crippen LogP contribution in [0.4, 0.5) is 5.69 Å². The fourth-order valence-corrected chi connectivity index (χ4v) is 4.68. The molecule has 1 N–H and O–H groups in total. The summed E-state index contributed by atoms with van der Waals surface area (Å²) in [4.78, 5) is 5.03. The Morgan fingerprint density at radius 1 is 0.889 bits per heavy atom. The Kier molecular flexibility index (Phi) is 5.65. The fourth-order valence-electron chi connectivity index (χ4n) is 4.68. The molecule has 1 spiro atoms. The quantitative estimate of drug-likeness (QED) is 0.848. The molecule has 0 aromatic heterocycles. The van der Waals surface area contributed by atoms with E-state index < -0.39 is 6.10 Å². The first-order chi connectivity index (χ1) is 13.3. The minimum Gasteiger partial charge on any atom is -0.491 e. The second kappa shape index (κ2) is 8.32. The molecular weight excluding hydrogens is 336 g/mol. The van der Waals surface area contributed by atoms with Crippen molar-refractivity contribution in [2.75, 3.05) is 37.7 Å². The fraction of sp³-hybridized carbons (Fsp3) is 0.478. The predicted molar refractivity (Wildman–Crippen MR) is 109 cm³/mol. The lowest BCUT2D eigenvalue weighted by atomic mass is 9.84. The van der Waals surface area contributed by atoms with Crippen molar-refractivity contribution in [2.45, 2.75) is 37.3 Å². The zero-order chi connectivity index (χ0) is 18.5. The first-order valence-electron chi connectivity index (χ1n) is 10.2. The third kappa shape index (κ3) is 4.28.